The predicted octanol–water partition coefficient (Wildman–Crippen LogP) is 3.29. The highest BCUT2D eigenvalue weighted by molar-refractivity contribution is 7.20. The van der Waals surface area contributed by atoms with Crippen molar-refractivity contribution < 1.29 is 23.8 Å². The van der Waals surface area contributed by atoms with Crippen LogP contribution < -0.4 is 5.32 Å². The third-order valence-electron chi connectivity index (χ3n) is 3.44. The summed E-state index contributed by atoms with van der Waals surface area (Å²) in [6, 6.07) is 7.35. The normalized spacial score (nSPS) is 11.9. The Bertz CT molecular complexity index is 1010. The summed E-state index contributed by atoms with van der Waals surface area (Å²) in [5, 5.41) is 17.5. The van der Waals surface area contributed by atoms with Gasteiger partial charge in [-0.05, 0) is 26.0 Å². The number of nitrogens with zero attached hydrogens (tertiary/aromatic N) is 2. The van der Waals surface area contributed by atoms with E-state index in [9.17, 15) is 19.7 Å². The van der Waals surface area contributed by atoms with Crippen molar-refractivity contribution in [1.29, 1.82) is 0 Å². The second-order valence-corrected chi connectivity index (χ2v) is 6.53. The molecule has 0 radical (unpaired) electrons. The Morgan fingerprint density at radius 2 is 2.12 bits per heavy atom. The number of nitro benzene ring substituents is 1. The molecule has 1 N–H and O–H groups in total. The molecule has 0 aliphatic carbocycles. The number of ether oxygens (including phenoxy) is 1. The lowest BCUT2D eigenvalue weighted by Crippen LogP contribution is -2.29. The van der Waals surface area contributed by atoms with E-state index in [1.165, 1.54) is 31.2 Å². The second kappa shape index (κ2) is 6.92. The minimum absolute atomic E-state index is 0.0640. The fourth-order valence-corrected chi connectivity index (χ4v) is 3.10. The van der Waals surface area contributed by atoms with Crippen LogP contribution in [0.4, 0.5) is 11.5 Å². The highest BCUT2D eigenvalue weighted by Crippen LogP contribution is 2.29. The molecule has 0 saturated carbocycles. The van der Waals surface area contributed by atoms with Crippen LogP contribution in [0.1, 0.15) is 22.4 Å². The van der Waals surface area contributed by atoms with Crippen molar-refractivity contribution in [3.05, 3.63) is 51.1 Å². The molecule has 0 fully saturated rings. The first-order valence-electron chi connectivity index (χ1n) is 7.46. The lowest BCUT2D eigenvalue weighted by atomic mass is 10.2. The number of rotatable bonds is 5. The van der Waals surface area contributed by atoms with Crippen LogP contribution >= 0.6 is 11.3 Å². The molecular weight excluding hydrogens is 362 g/mol. The second-order valence-electron chi connectivity index (χ2n) is 5.45. The quantitative estimate of drug-likeness (QED) is 0.412. The molecule has 0 spiro atoms. The number of hydrogen-bond acceptors (Lipinski definition) is 8. The first-order chi connectivity index (χ1) is 12.3. The van der Waals surface area contributed by atoms with Gasteiger partial charge in [0.25, 0.3) is 11.6 Å². The SMILES string of the molecule is Cc1cc(NC(=O)C(C)OC(=O)c2cc3cc([N+](=O)[O-])ccc3s2)no1. The van der Waals surface area contributed by atoms with Gasteiger partial charge in [-0.1, -0.05) is 5.16 Å². The van der Waals surface area contributed by atoms with E-state index in [2.05, 4.69) is 10.5 Å². The fraction of sp³-hybridized carbons (Fsp3) is 0.188. The Hall–Kier alpha value is -3.27. The Labute approximate surface area is 150 Å². The molecule has 1 aromatic carbocycles. The topological polar surface area (TPSA) is 125 Å². The van der Waals surface area contributed by atoms with E-state index in [4.69, 9.17) is 9.26 Å². The van der Waals surface area contributed by atoms with Gasteiger partial charge in [-0.15, -0.1) is 11.3 Å². The van der Waals surface area contributed by atoms with E-state index < -0.39 is 22.9 Å². The number of amides is 1. The van der Waals surface area contributed by atoms with E-state index in [1.807, 2.05) is 0 Å². The zero-order valence-electron chi connectivity index (χ0n) is 13.7. The number of nitro groups is 1. The maximum atomic E-state index is 12.2. The van der Waals surface area contributed by atoms with Gasteiger partial charge in [-0.3, -0.25) is 14.9 Å². The summed E-state index contributed by atoms with van der Waals surface area (Å²) in [7, 11) is 0. The van der Waals surface area contributed by atoms with Crippen LogP contribution in [-0.2, 0) is 9.53 Å². The summed E-state index contributed by atoms with van der Waals surface area (Å²) in [6.45, 7) is 3.11. The van der Waals surface area contributed by atoms with Crippen LogP contribution in [0.25, 0.3) is 10.1 Å². The van der Waals surface area contributed by atoms with Crippen molar-refractivity contribution in [2.24, 2.45) is 0 Å². The molecule has 9 nitrogen and oxygen atoms in total. The Kier molecular flexibility index (Phi) is 4.67. The van der Waals surface area contributed by atoms with Gasteiger partial charge in [0.2, 0.25) is 0 Å². The highest BCUT2D eigenvalue weighted by Gasteiger charge is 2.22. The number of fused-ring (bicyclic) bond motifs is 1. The first-order valence-corrected chi connectivity index (χ1v) is 8.28. The molecule has 0 aliphatic heterocycles. The average molecular weight is 375 g/mol. The van der Waals surface area contributed by atoms with Crippen molar-refractivity contribution >= 4 is 44.8 Å². The molecule has 0 aliphatic rings. The van der Waals surface area contributed by atoms with E-state index in [0.717, 1.165) is 11.3 Å². The maximum absolute atomic E-state index is 12.2. The molecule has 2 aromatic heterocycles. The summed E-state index contributed by atoms with van der Waals surface area (Å²) in [5.74, 6) is -0.481. The summed E-state index contributed by atoms with van der Waals surface area (Å²) in [4.78, 5) is 34.8. The maximum Gasteiger partial charge on any atom is 0.349 e. The fourth-order valence-electron chi connectivity index (χ4n) is 2.17. The van der Waals surface area contributed by atoms with Crippen molar-refractivity contribution in [2.45, 2.75) is 20.0 Å². The van der Waals surface area contributed by atoms with E-state index in [-0.39, 0.29) is 16.4 Å². The van der Waals surface area contributed by atoms with Crippen molar-refractivity contribution in [3.8, 4) is 0 Å². The molecular formula is C16H13N3O6S. The van der Waals surface area contributed by atoms with Crippen molar-refractivity contribution in [3.63, 3.8) is 0 Å². The molecule has 1 amide bonds. The van der Waals surface area contributed by atoms with E-state index in [0.29, 0.717) is 15.8 Å². The first kappa shape index (κ1) is 17.5. The molecule has 3 aromatic rings. The minimum atomic E-state index is -1.06. The average Bonchev–Trinajstić information content (AvgIpc) is 3.19. The molecule has 10 heteroatoms. The number of carbonyl (C=O) groups excluding carboxylic acids is 2. The van der Waals surface area contributed by atoms with Gasteiger partial charge in [0, 0.05) is 28.3 Å². The van der Waals surface area contributed by atoms with Gasteiger partial charge < -0.3 is 14.6 Å². The number of benzene rings is 1. The number of aromatic nitrogens is 1. The van der Waals surface area contributed by atoms with Gasteiger partial charge in [-0.25, -0.2) is 4.79 Å². The Morgan fingerprint density at radius 1 is 1.35 bits per heavy atom. The standard InChI is InChI=1S/C16H13N3O6S/c1-8-5-14(18-25-8)17-15(20)9(2)24-16(21)13-7-10-6-11(19(22)23)3-4-12(10)26-13/h3-7,9H,1-2H3,(H,17,18,20). The molecule has 134 valence electrons. The summed E-state index contributed by atoms with van der Waals surface area (Å²) in [5.41, 5.74) is -0.0640. The van der Waals surface area contributed by atoms with Crippen LogP contribution in [0.2, 0.25) is 0 Å². The smallest absolute Gasteiger partial charge is 0.349 e. The number of aryl methyl sites for hydroxylation is 1. The third kappa shape index (κ3) is 3.70. The van der Waals surface area contributed by atoms with Crippen LogP contribution in [0, 0.1) is 17.0 Å². The molecule has 1 unspecified atom stereocenters. The molecule has 0 bridgehead atoms. The molecule has 0 saturated heterocycles. The van der Waals surface area contributed by atoms with Crippen LogP contribution in [-0.4, -0.2) is 28.1 Å². The number of nitrogens with one attached hydrogen (secondary N) is 1. The van der Waals surface area contributed by atoms with Crippen molar-refractivity contribution in [1.82, 2.24) is 5.16 Å². The zero-order valence-corrected chi connectivity index (χ0v) is 14.5. The van der Waals surface area contributed by atoms with Crippen LogP contribution in [0.15, 0.2) is 34.9 Å². The summed E-state index contributed by atoms with van der Waals surface area (Å²) < 4.78 is 10.7. The number of hydrogen-bond donors (Lipinski definition) is 1. The van der Waals surface area contributed by atoms with E-state index >= 15 is 0 Å². The molecule has 2 heterocycles. The Balaban J connectivity index is 1.69. The lowest BCUT2D eigenvalue weighted by Gasteiger charge is -2.11. The van der Waals surface area contributed by atoms with Gasteiger partial charge in [0.15, 0.2) is 11.9 Å². The van der Waals surface area contributed by atoms with Gasteiger partial charge in [0.05, 0.1) is 4.92 Å². The number of non-ortho nitro benzene ring substituents is 1. The minimum Gasteiger partial charge on any atom is -0.448 e. The van der Waals surface area contributed by atoms with Crippen LogP contribution in [0.5, 0.6) is 0 Å². The number of thiophene rings is 1. The lowest BCUT2D eigenvalue weighted by molar-refractivity contribution is -0.384. The number of carbonyl (C=O) groups is 2. The summed E-state index contributed by atoms with van der Waals surface area (Å²) >= 11 is 1.13. The molecule has 26 heavy (non-hydrogen) atoms. The van der Waals surface area contributed by atoms with Gasteiger partial charge >= 0.3 is 5.97 Å². The summed E-state index contributed by atoms with van der Waals surface area (Å²) in [6.07, 6.45) is -1.06. The predicted molar refractivity (Wildman–Crippen MR) is 93.2 cm³/mol. The van der Waals surface area contributed by atoms with Crippen LogP contribution in [0.3, 0.4) is 0 Å². The molecule has 3 rings (SSSR count). The monoisotopic (exact) mass is 375 g/mol. The van der Waals surface area contributed by atoms with Crippen molar-refractivity contribution in [2.75, 3.05) is 5.32 Å². The Morgan fingerprint density at radius 3 is 2.77 bits per heavy atom. The highest BCUT2D eigenvalue weighted by atomic mass is 32.1. The number of esters is 1. The number of anilines is 1. The zero-order chi connectivity index (χ0) is 18.8. The van der Waals surface area contributed by atoms with E-state index in [1.54, 1.807) is 13.0 Å². The molecule has 1 atom stereocenters. The van der Waals surface area contributed by atoms with Gasteiger partial charge in [-0.2, -0.15) is 0 Å². The van der Waals surface area contributed by atoms with Gasteiger partial charge in [0.1, 0.15) is 10.6 Å². The third-order valence-corrected chi connectivity index (χ3v) is 4.54. The largest absolute Gasteiger partial charge is 0.448 e.